The lowest BCUT2D eigenvalue weighted by Gasteiger charge is -2.32. The summed E-state index contributed by atoms with van der Waals surface area (Å²) in [5, 5.41) is 5.32. The van der Waals surface area contributed by atoms with E-state index in [1.54, 1.807) is 16.2 Å². The Kier molecular flexibility index (Phi) is 4.47. The molecule has 0 saturated carbocycles. The highest BCUT2D eigenvalue weighted by Gasteiger charge is 2.22. The Morgan fingerprint density at radius 3 is 3.00 bits per heavy atom. The molecule has 3 rings (SSSR count). The van der Waals surface area contributed by atoms with E-state index in [2.05, 4.69) is 20.3 Å². The number of carbonyl (C=O) groups is 1. The number of hydrogen-bond donors (Lipinski definition) is 1. The number of rotatable bonds is 5. The molecule has 1 fully saturated rings. The smallest absolute Gasteiger partial charge is 0.241 e. The van der Waals surface area contributed by atoms with Crippen molar-refractivity contribution in [2.24, 2.45) is 0 Å². The van der Waals surface area contributed by atoms with Gasteiger partial charge in [-0.1, -0.05) is 0 Å². The fourth-order valence-electron chi connectivity index (χ4n) is 2.25. The molecule has 0 spiro atoms. The molecule has 22 heavy (non-hydrogen) atoms. The molecule has 0 aromatic carbocycles. The van der Waals surface area contributed by atoms with Gasteiger partial charge in [-0.3, -0.25) is 4.79 Å². The normalized spacial score (nSPS) is 15.2. The van der Waals surface area contributed by atoms with Gasteiger partial charge in [0.05, 0.1) is 17.7 Å². The van der Waals surface area contributed by atoms with Crippen molar-refractivity contribution in [3.05, 3.63) is 29.0 Å². The standard InChI is InChI=1S/C14H18N6OS/c1-19-4-5-20(7-14(19)21)13-6-12(16-9-17-13)15-3-2-11-8-22-10-18-11/h6,8-10H,2-5,7H2,1H3,(H,15,16,17). The summed E-state index contributed by atoms with van der Waals surface area (Å²) in [6.07, 6.45) is 2.39. The van der Waals surface area contributed by atoms with Crippen LogP contribution < -0.4 is 10.2 Å². The minimum absolute atomic E-state index is 0.114. The zero-order valence-electron chi connectivity index (χ0n) is 12.4. The Hall–Kier alpha value is -2.22. The monoisotopic (exact) mass is 318 g/mol. The predicted octanol–water partition coefficient (Wildman–Crippen LogP) is 0.866. The number of hydrogen-bond acceptors (Lipinski definition) is 7. The summed E-state index contributed by atoms with van der Waals surface area (Å²) in [6, 6.07) is 1.89. The lowest BCUT2D eigenvalue weighted by molar-refractivity contribution is -0.129. The van der Waals surface area contributed by atoms with Gasteiger partial charge in [-0.2, -0.15) is 0 Å². The second-order valence-corrected chi connectivity index (χ2v) is 5.87. The number of aromatic nitrogens is 3. The second kappa shape index (κ2) is 6.69. The van der Waals surface area contributed by atoms with Gasteiger partial charge in [-0.05, 0) is 0 Å². The molecule has 8 heteroatoms. The minimum Gasteiger partial charge on any atom is -0.370 e. The molecule has 7 nitrogen and oxygen atoms in total. The van der Waals surface area contributed by atoms with Crippen molar-refractivity contribution in [3.63, 3.8) is 0 Å². The van der Waals surface area contributed by atoms with Gasteiger partial charge < -0.3 is 15.1 Å². The van der Waals surface area contributed by atoms with Gasteiger partial charge in [0, 0.05) is 44.5 Å². The first kappa shape index (κ1) is 14.7. The highest BCUT2D eigenvalue weighted by atomic mass is 32.1. The first-order valence-corrected chi connectivity index (χ1v) is 8.08. The van der Waals surface area contributed by atoms with Crippen LogP contribution in [0, 0.1) is 0 Å². The van der Waals surface area contributed by atoms with Crippen molar-refractivity contribution in [1.82, 2.24) is 19.9 Å². The quantitative estimate of drug-likeness (QED) is 0.881. The van der Waals surface area contributed by atoms with Crippen LogP contribution in [0.2, 0.25) is 0 Å². The number of piperazine rings is 1. The average molecular weight is 318 g/mol. The molecule has 1 aliphatic rings. The molecule has 1 N–H and O–H groups in total. The van der Waals surface area contributed by atoms with E-state index in [0.717, 1.165) is 43.4 Å². The van der Waals surface area contributed by atoms with Crippen LogP contribution in [0.4, 0.5) is 11.6 Å². The molecular weight excluding hydrogens is 300 g/mol. The van der Waals surface area contributed by atoms with E-state index in [4.69, 9.17) is 0 Å². The maximum atomic E-state index is 11.8. The molecule has 0 bridgehead atoms. The Morgan fingerprint density at radius 1 is 1.32 bits per heavy atom. The van der Waals surface area contributed by atoms with Crippen molar-refractivity contribution in [2.75, 3.05) is 43.4 Å². The van der Waals surface area contributed by atoms with E-state index < -0.39 is 0 Å². The van der Waals surface area contributed by atoms with Crippen LogP contribution >= 0.6 is 11.3 Å². The molecule has 0 radical (unpaired) electrons. The average Bonchev–Trinajstić information content (AvgIpc) is 3.04. The van der Waals surface area contributed by atoms with Crippen LogP contribution in [0.5, 0.6) is 0 Å². The van der Waals surface area contributed by atoms with Crippen molar-refractivity contribution in [1.29, 1.82) is 0 Å². The number of likely N-dealkylation sites (N-methyl/N-ethyl adjacent to an activating group) is 1. The van der Waals surface area contributed by atoms with Crippen LogP contribution in [0.25, 0.3) is 0 Å². The molecule has 2 aromatic rings. The number of carbonyl (C=O) groups excluding carboxylic acids is 1. The zero-order chi connectivity index (χ0) is 15.4. The fourth-order valence-corrected chi connectivity index (χ4v) is 2.84. The molecule has 0 atom stereocenters. The number of thiazole rings is 1. The van der Waals surface area contributed by atoms with Crippen LogP contribution in [-0.2, 0) is 11.2 Å². The lowest BCUT2D eigenvalue weighted by atomic mass is 10.3. The Morgan fingerprint density at radius 2 is 2.23 bits per heavy atom. The summed E-state index contributed by atoms with van der Waals surface area (Å²) in [6.45, 7) is 2.64. The molecule has 116 valence electrons. The van der Waals surface area contributed by atoms with Crippen molar-refractivity contribution in [2.45, 2.75) is 6.42 Å². The van der Waals surface area contributed by atoms with E-state index in [0.29, 0.717) is 6.54 Å². The van der Waals surface area contributed by atoms with Gasteiger partial charge >= 0.3 is 0 Å². The molecule has 1 amide bonds. The van der Waals surface area contributed by atoms with Gasteiger partial charge in [0.15, 0.2) is 0 Å². The van der Waals surface area contributed by atoms with E-state index in [-0.39, 0.29) is 5.91 Å². The van der Waals surface area contributed by atoms with E-state index in [9.17, 15) is 4.79 Å². The summed E-state index contributed by atoms with van der Waals surface area (Å²) in [5.74, 6) is 1.67. The van der Waals surface area contributed by atoms with Crippen LogP contribution in [0.1, 0.15) is 5.69 Å². The highest BCUT2D eigenvalue weighted by Crippen LogP contribution is 2.16. The Bertz CT molecular complexity index is 632. The maximum absolute atomic E-state index is 11.8. The largest absolute Gasteiger partial charge is 0.370 e. The van der Waals surface area contributed by atoms with Crippen LogP contribution in [0.15, 0.2) is 23.3 Å². The molecule has 0 unspecified atom stereocenters. The van der Waals surface area contributed by atoms with Crippen molar-refractivity contribution in [3.8, 4) is 0 Å². The predicted molar refractivity (Wildman–Crippen MR) is 86.2 cm³/mol. The molecule has 1 saturated heterocycles. The van der Waals surface area contributed by atoms with Crippen LogP contribution in [0.3, 0.4) is 0 Å². The van der Waals surface area contributed by atoms with Gasteiger partial charge in [-0.25, -0.2) is 15.0 Å². The second-order valence-electron chi connectivity index (χ2n) is 5.15. The number of anilines is 2. The lowest BCUT2D eigenvalue weighted by Crippen LogP contribution is -2.48. The fraction of sp³-hybridized carbons (Fsp3) is 0.429. The van der Waals surface area contributed by atoms with E-state index in [1.807, 2.05) is 28.9 Å². The number of nitrogens with one attached hydrogen (secondary N) is 1. The summed E-state index contributed by atoms with van der Waals surface area (Å²) in [4.78, 5) is 28.3. The SMILES string of the molecule is CN1CCN(c2cc(NCCc3cscn3)ncn2)CC1=O. The van der Waals surface area contributed by atoms with Gasteiger partial charge in [-0.15, -0.1) is 11.3 Å². The summed E-state index contributed by atoms with van der Waals surface area (Å²) in [7, 11) is 1.82. The molecule has 0 aliphatic carbocycles. The van der Waals surface area contributed by atoms with Gasteiger partial charge in [0.1, 0.15) is 18.0 Å². The first-order chi connectivity index (χ1) is 10.7. The summed E-state index contributed by atoms with van der Waals surface area (Å²) in [5.41, 5.74) is 2.92. The molecule has 2 aromatic heterocycles. The summed E-state index contributed by atoms with van der Waals surface area (Å²) >= 11 is 1.60. The first-order valence-electron chi connectivity index (χ1n) is 7.14. The Balaban J connectivity index is 1.59. The van der Waals surface area contributed by atoms with Crippen molar-refractivity contribution < 1.29 is 4.79 Å². The van der Waals surface area contributed by atoms with E-state index >= 15 is 0 Å². The van der Waals surface area contributed by atoms with Crippen molar-refractivity contribution >= 4 is 28.9 Å². The zero-order valence-corrected chi connectivity index (χ0v) is 13.2. The third-order valence-electron chi connectivity index (χ3n) is 3.60. The topological polar surface area (TPSA) is 74.2 Å². The van der Waals surface area contributed by atoms with Gasteiger partial charge in [0.2, 0.25) is 5.91 Å². The summed E-state index contributed by atoms with van der Waals surface area (Å²) < 4.78 is 0. The third kappa shape index (κ3) is 3.51. The molecule has 1 aliphatic heterocycles. The highest BCUT2D eigenvalue weighted by molar-refractivity contribution is 7.07. The number of nitrogens with zero attached hydrogens (tertiary/aromatic N) is 5. The third-order valence-corrected chi connectivity index (χ3v) is 4.24. The molecule has 3 heterocycles. The van der Waals surface area contributed by atoms with Gasteiger partial charge in [0.25, 0.3) is 0 Å². The Labute approximate surface area is 133 Å². The number of amides is 1. The van der Waals surface area contributed by atoms with E-state index in [1.165, 1.54) is 6.33 Å². The minimum atomic E-state index is 0.114. The maximum Gasteiger partial charge on any atom is 0.241 e. The van der Waals surface area contributed by atoms with Crippen LogP contribution in [-0.4, -0.2) is 59.0 Å². The molecular formula is C14H18N6OS.